The Kier molecular flexibility index (Phi) is 4.10. The minimum absolute atomic E-state index is 0.0248. The molecule has 2 heterocycles. The van der Waals surface area contributed by atoms with Crippen LogP contribution >= 0.6 is 0 Å². The van der Waals surface area contributed by atoms with Crippen molar-refractivity contribution in [2.24, 2.45) is 7.05 Å². The Bertz CT molecular complexity index is 1180. The van der Waals surface area contributed by atoms with Crippen LogP contribution in [0, 0.1) is 6.92 Å². The molecule has 8 heteroatoms. The number of nitrogens with zero attached hydrogens (tertiary/aromatic N) is 2. The molecule has 142 valence electrons. The van der Waals surface area contributed by atoms with E-state index in [4.69, 9.17) is 4.42 Å². The summed E-state index contributed by atoms with van der Waals surface area (Å²) in [5, 5.41) is 0. The molecule has 4 rings (SSSR count). The largest absolute Gasteiger partial charge is 0.440 e. The van der Waals surface area contributed by atoms with Crippen LogP contribution in [0.4, 0.5) is 5.69 Å². The molecule has 2 aromatic heterocycles. The second kappa shape index (κ2) is 6.23. The van der Waals surface area contributed by atoms with Crippen LogP contribution in [0.15, 0.2) is 33.6 Å². The SMILES string of the molecule is CCS(=O)(=O)Nc1cc(-c2cc(C)c(=O)n(C)c2)c2nc(C3CC3)oc2c1. The standard InChI is InChI=1S/C19H21N3O4S/c1-4-27(24,25)21-14-8-15(13-7-11(2)19(23)22(3)10-13)17-16(9-14)26-18(20-17)12-5-6-12/h7-10,12,21H,4-6H2,1-3H3. The summed E-state index contributed by atoms with van der Waals surface area (Å²) >= 11 is 0. The predicted octanol–water partition coefficient (Wildman–Crippen LogP) is 3.14. The topological polar surface area (TPSA) is 94.2 Å². The second-order valence-corrected chi connectivity index (χ2v) is 9.04. The summed E-state index contributed by atoms with van der Waals surface area (Å²) in [4.78, 5) is 16.7. The van der Waals surface area contributed by atoms with E-state index in [1.165, 1.54) is 4.57 Å². The van der Waals surface area contributed by atoms with Gasteiger partial charge in [0, 0.05) is 41.9 Å². The second-order valence-electron chi connectivity index (χ2n) is 7.03. The quantitative estimate of drug-likeness (QED) is 0.726. The molecule has 1 aromatic carbocycles. The molecule has 1 aliphatic rings. The zero-order valence-corrected chi connectivity index (χ0v) is 16.3. The number of anilines is 1. The van der Waals surface area contributed by atoms with Gasteiger partial charge < -0.3 is 8.98 Å². The van der Waals surface area contributed by atoms with E-state index >= 15 is 0 Å². The third kappa shape index (κ3) is 3.37. The zero-order valence-electron chi connectivity index (χ0n) is 15.4. The van der Waals surface area contributed by atoms with Gasteiger partial charge in [0.25, 0.3) is 5.56 Å². The molecule has 1 aliphatic carbocycles. The van der Waals surface area contributed by atoms with Gasteiger partial charge in [0.2, 0.25) is 10.0 Å². The molecule has 0 radical (unpaired) electrons. The van der Waals surface area contributed by atoms with Crippen LogP contribution in [-0.2, 0) is 17.1 Å². The molecule has 0 atom stereocenters. The molecule has 0 spiro atoms. The molecule has 0 unspecified atom stereocenters. The van der Waals surface area contributed by atoms with E-state index < -0.39 is 10.0 Å². The van der Waals surface area contributed by atoms with Crippen LogP contribution in [0.5, 0.6) is 0 Å². The first-order chi connectivity index (χ1) is 12.8. The van der Waals surface area contributed by atoms with E-state index in [9.17, 15) is 13.2 Å². The first-order valence-electron chi connectivity index (χ1n) is 8.90. The highest BCUT2D eigenvalue weighted by atomic mass is 32.2. The summed E-state index contributed by atoms with van der Waals surface area (Å²) in [7, 11) is -1.74. The van der Waals surface area contributed by atoms with Crippen molar-refractivity contribution in [3.8, 4) is 11.1 Å². The van der Waals surface area contributed by atoms with Crippen LogP contribution in [0.1, 0.15) is 37.1 Å². The van der Waals surface area contributed by atoms with E-state index in [0.29, 0.717) is 34.2 Å². The number of nitrogens with one attached hydrogen (secondary N) is 1. The van der Waals surface area contributed by atoms with Gasteiger partial charge in [-0.2, -0.15) is 0 Å². The van der Waals surface area contributed by atoms with Crippen molar-refractivity contribution < 1.29 is 12.8 Å². The molecular formula is C19H21N3O4S. The first kappa shape index (κ1) is 17.8. The summed E-state index contributed by atoms with van der Waals surface area (Å²) in [5.41, 5.74) is 3.68. The van der Waals surface area contributed by atoms with Crippen LogP contribution in [0.2, 0.25) is 0 Å². The van der Waals surface area contributed by atoms with Crippen LogP contribution in [-0.4, -0.2) is 23.7 Å². The van der Waals surface area contributed by atoms with Crippen LogP contribution in [0.25, 0.3) is 22.2 Å². The highest BCUT2D eigenvalue weighted by Crippen LogP contribution is 2.42. The number of rotatable bonds is 5. The van der Waals surface area contributed by atoms with Crippen molar-refractivity contribution in [3.63, 3.8) is 0 Å². The molecule has 0 amide bonds. The Morgan fingerprint density at radius 1 is 1.30 bits per heavy atom. The maximum atomic E-state index is 12.0. The number of fused-ring (bicyclic) bond motifs is 1. The van der Waals surface area contributed by atoms with Crippen molar-refractivity contribution in [3.05, 3.63) is 46.2 Å². The monoisotopic (exact) mass is 387 g/mol. The Labute approximate surface area is 157 Å². The summed E-state index contributed by atoms with van der Waals surface area (Å²) in [6, 6.07) is 5.20. The molecule has 7 nitrogen and oxygen atoms in total. The third-order valence-electron chi connectivity index (χ3n) is 4.76. The lowest BCUT2D eigenvalue weighted by Gasteiger charge is -2.10. The maximum Gasteiger partial charge on any atom is 0.253 e. The Balaban J connectivity index is 1.94. The highest BCUT2D eigenvalue weighted by Gasteiger charge is 2.29. The molecule has 0 saturated heterocycles. The molecule has 27 heavy (non-hydrogen) atoms. The van der Waals surface area contributed by atoms with Gasteiger partial charge in [-0.3, -0.25) is 9.52 Å². The number of aromatic nitrogens is 2. The third-order valence-corrected chi connectivity index (χ3v) is 6.07. The smallest absolute Gasteiger partial charge is 0.253 e. The lowest BCUT2D eigenvalue weighted by molar-refractivity contribution is 0.533. The first-order valence-corrected chi connectivity index (χ1v) is 10.6. The van der Waals surface area contributed by atoms with Crippen molar-refractivity contribution >= 4 is 26.8 Å². The molecule has 1 saturated carbocycles. The Morgan fingerprint density at radius 2 is 2.04 bits per heavy atom. The summed E-state index contributed by atoms with van der Waals surface area (Å²) in [6.45, 7) is 3.34. The van der Waals surface area contributed by atoms with E-state index in [1.807, 2.05) is 0 Å². The van der Waals surface area contributed by atoms with Gasteiger partial charge in [0.15, 0.2) is 11.5 Å². The summed E-state index contributed by atoms with van der Waals surface area (Å²) in [5.74, 6) is 0.995. The maximum absolute atomic E-state index is 12.0. The fraction of sp³-hybridized carbons (Fsp3) is 0.368. The number of hydrogen-bond donors (Lipinski definition) is 1. The predicted molar refractivity (Wildman–Crippen MR) is 104 cm³/mol. The van der Waals surface area contributed by atoms with Gasteiger partial charge in [-0.05, 0) is 38.8 Å². The zero-order chi connectivity index (χ0) is 19.3. The molecule has 1 fully saturated rings. The number of aryl methyl sites for hydroxylation is 2. The van der Waals surface area contributed by atoms with Gasteiger partial charge in [0.05, 0.1) is 11.4 Å². The fourth-order valence-corrected chi connectivity index (χ4v) is 3.73. The van der Waals surface area contributed by atoms with Gasteiger partial charge in [-0.15, -0.1) is 0 Å². The number of benzene rings is 1. The average molecular weight is 387 g/mol. The lowest BCUT2D eigenvalue weighted by Crippen LogP contribution is -2.18. The van der Waals surface area contributed by atoms with Crippen LogP contribution < -0.4 is 10.3 Å². The molecule has 0 aliphatic heterocycles. The number of sulfonamides is 1. The van der Waals surface area contributed by atoms with Crippen molar-refractivity contribution in [2.75, 3.05) is 10.5 Å². The number of oxazole rings is 1. The van der Waals surface area contributed by atoms with Gasteiger partial charge in [0.1, 0.15) is 5.52 Å². The van der Waals surface area contributed by atoms with E-state index in [1.54, 1.807) is 45.3 Å². The highest BCUT2D eigenvalue weighted by molar-refractivity contribution is 7.92. The van der Waals surface area contributed by atoms with Crippen molar-refractivity contribution in [2.45, 2.75) is 32.6 Å². The fourth-order valence-electron chi connectivity index (χ4n) is 3.11. The van der Waals surface area contributed by atoms with Gasteiger partial charge >= 0.3 is 0 Å². The minimum atomic E-state index is -3.43. The molecule has 3 aromatic rings. The minimum Gasteiger partial charge on any atom is -0.440 e. The summed E-state index contributed by atoms with van der Waals surface area (Å²) in [6.07, 6.45) is 3.83. The average Bonchev–Trinajstić information content (AvgIpc) is 3.38. The summed E-state index contributed by atoms with van der Waals surface area (Å²) < 4.78 is 34.1. The normalized spacial score (nSPS) is 14.6. The number of pyridine rings is 1. The van der Waals surface area contributed by atoms with E-state index in [2.05, 4.69) is 9.71 Å². The molecule has 0 bridgehead atoms. The molecular weight excluding hydrogens is 366 g/mol. The molecule has 1 N–H and O–H groups in total. The number of hydrogen-bond acceptors (Lipinski definition) is 5. The van der Waals surface area contributed by atoms with E-state index in [0.717, 1.165) is 24.0 Å². The Hall–Kier alpha value is -2.61. The van der Waals surface area contributed by atoms with Crippen molar-refractivity contribution in [1.82, 2.24) is 9.55 Å². The van der Waals surface area contributed by atoms with Crippen LogP contribution in [0.3, 0.4) is 0 Å². The van der Waals surface area contributed by atoms with Gasteiger partial charge in [-0.1, -0.05) is 0 Å². The lowest BCUT2D eigenvalue weighted by atomic mass is 10.0. The van der Waals surface area contributed by atoms with Crippen molar-refractivity contribution in [1.29, 1.82) is 0 Å². The van der Waals surface area contributed by atoms with Gasteiger partial charge in [-0.25, -0.2) is 13.4 Å². The van der Waals surface area contributed by atoms with E-state index in [-0.39, 0.29) is 11.3 Å². The Morgan fingerprint density at radius 3 is 2.67 bits per heavy atom.